The lowest BCUT2D eigenvalue weighted by Gasteiger charge is -2.18. The molecular weight excluding hydrogens is 304 g/mol. The number of nitrogens with one attached hydrogen (secondary N) is 1. The highest BCUT2D eigenvalue weighted by Crippen LogP contribution is 2.26. The van der Waals surface area contributed by atoms with Gasteiger partial charge in [-0.05, 0) is 20.8 Å². The van der Waals surface area contributed by atoms with Gasteiger partial charge in [0.15, 0.2) is 11.5 Å². The molecule has 128 valence electrons. The van der Waals surface area contributed by atoms with E-state index in [0.717, 1.165) is 28.5 Å². The van der Waals surface area contributed by atoms with Gasteiger partial charge in [0.25, 0.3) is 0 Å². The summed E-state index contributed by atoms with van der Waals surface area (Å²) in [5, 5.41) is 17.0. The standard InChI is InChI=1S/C16H24N8/c1-9(2)13-20-14(12-7-18-23(6)16(12)21-13)19-11(5)15-22-17-8-24(15)10(3)4/h7-11H,1-6H3,(H,19,20,21)/t11-/m1/s1. The second kappa shape index (κ2) is 6.18. The van der Waals surface area contributed by atoms with Crippen LogP contribution >= 0.6 is 0 Å². The summed E-state index contributed by atoms with van der Waals surface area (Å²) in [5.74, 6) is 2.69. The minimum atomic E-state index is -0.0341. The van der Waals surface area contributed by atoms with Crippen LogP contribution in [0.3, 0.4) is 0 Å². The Morgan fingerprint density at radius 3 is 2.50 bits per heavy atom. The van der Waals surface area contributed by atoms with Crippen molar-refractivity contribution in [3.63, 3.8) is 0 Å². The molecular formula is C16H24N8. The van der Waals surface area contributed by atoms with E-state index < -0.39 is 0 Å². The van der Waals surface area contributed by atoms with Crippen molar-refractivity contribution in [2.45, 2.75) is 52.6 Å². The van der Waals surface area contributed by atoms with Crippen molar-refractivity contribution in [1.82, 2.24) is 34.5 Å². The largest absolute Gasteiger partial charge is 0.360 e. The van der Waals surface area contributed by atoms with E-state index in [1.807, 2.05) is 7.05 Å². The fourth-order valence-corrected chi connectivity index (χ4v) is 2.64. The Morgan fingerprint density at radius 2 is 1.83 bits per heavy atom. The van der Waals surface area contributed by atoms with Gasteiger partial charge in [-0.2, -0.15) is 5.10 Å². The van der Waals surface area contributed by atoms with Gasteiger partial charge in [-0.25, -0.2) is 9.97 Å². The van der Waals surface area contributed by atoms with E-state index in [4.69, 9.17) is 4.98 Å². The first-order valence-electron chi connectivity index (χ1n) is 8.24. The number of anilines is 1. The SMILES string of the molecule is CC(C)c1nc(N[C@H](C)c2nncn2C(C)C)c2cnn(C)c2n1. The molecule has 0 unspecified atom stereocenters. The smallest absolute Gasteiger partial charge is 0.163 e. The van der Waals surface area contributed by atoms with E-state index in [2.05, 4.69) is 64.8 Å². The molecule has 3 rings (SSSR count). The minimum absolute atomic E-state index is 0.0341. The van der Waals surface area contributed by atoms with Crippen molar-refractivity contribution in [2.75, 3.05) is 5.32 Å². The van der Waals surface area contributed by atoms with Crippen molar-refractivity contribution < 1.29 is 0 Å². The maximum absolute atomic E-state index is 4.71. The Bertz CT molecular complexity index is 845. The number of hydrogen-bond donors (Lipinski definition) is 1. The highest BCUT2D eigenvalue weighted by molar-refractivity contribution is 5.86. The Hall–Kier alpha value is -2.51. The number of aromatic nitrogens is 7. The van der Waals surface area contributed by atoms with Crippen molar-refractivity contribution >= 4 is 16.9 Å². The van der Waals surface area contributed by atoms with Gasteiger partial charge in [0, 0.05) is 19.0 Å². The summed E-state index contributed by atoms with van der Waals surface area (Å²) in [7, 11) is 1.89. The van der Waals surface area contributed by atoms with E-state index in [0.29, 0.717) is 6.04 Å². The summed E-state index contributed by atoms with van der Waals surface area (Å²) < 4.78 is 3.83. The summed E-state index contributed by atoms with van der Waals surface area (Å²) >= 11 is 0. The van der Waals surface area contributed by atoms with Gasteiger partial charge in [0.1, 0.15) is 18.0 Å². The molecule has 0 saturated heterocycles. The molecule has 0 spiro atoms. The van der Waals surface area contributed by atoms with E-state index >= 15 is 0 Å². The summed E-state index contributed by atoms with van der Waals surface area (Å²) in [6, 6.07) is 0.266. The van der Waals surface area contributed by atoms with Crippen LogP contribution in [-0.4, -0.2) is 34.5 Å². The quantitative estimate of drug-likeness (QED) is 0.775. The third-order valence-electron chi connectivity index (χ3n) is 4.02. The van der Waals surface area contributed by atoms with Crippen LogP contribution in [0.15, 0.2) is 12.5 Å². The number of hydrogen-bond acceptors (Lipinski definition) is 6. The molecule has 8 nitrogen and oxygen atoms in total. The summed E-state index contributed by atoms with van der Waals surface area (Å²) in [5.41, 5.74) is 0.828. The first kappa shape index (κ1) is 16.4. The van der Waals surface area contributed by atoms with Crippen molar-refractivity contribution in [3.8, 4) is 0 Å². The molecule has 1 atom stereocenters. The number of rotatable bonds is 5. The fraction of sp³-hybridized carbons (Fsp3) is 0.562. The maximum Gasteiger partial charge on any atom is 0.163 e. The van der Waals surface area contributed by atoms with Crippen LogP contribution < -0.4 is 5.32 Å². The molecule has 0 radical (unpaired) electrons. The molecule has 0 bridgehead atoms. The van der Waals surface area contributed by atoms with Gasteiger partial charge >= 0.3 is 0 Å². The molecule has 3 aromatic heterocycles. The zero-order valence-corrected chi connectivity index (χ0v) is 15.0. The van der Waals surface area contributed by atoms with Crippen LogP contribution in [0, 0.1) is 0 Å². The highest BCUT2D eigenvalue weighted by Gasteiger charge is 2.19. The predicted octanol–water partition coefficient (Wildman–Crippen LogP) is 2.83. The summed E-state index contributed by atoms with van der Waals surface area (Å²) in [6.45, 7) is 10.4. The van der Waals surface area contributed by atoms with Crippen molar-refractivity contribution in [2.24, 2.45) is 7.05 Å². The molecule has 0 fully saturated rings. The second-order valence-electron chi connectivity index (χ2n) is 6.65. The molecule has 0 aliphatic carbocycles. The van der Waals surface area contributed by atoms with Gasteiger partial charge in [-0.15, -0.1) is 10.2 Å². The Labute approximate surface area is 141 Å². The van der Waals surface area contributed by atoms with Crippen LogP contribution in [0.4, 0.5) is 5.82 Å². The van der Waals surface area contributed by atoms with Gasteiger partial charge in [-0.3, -0.25) is 4.68 Å². The van der Waals surface area contributed by atoms with Gasteiger partial charge in [-0.1, -0.05) is 13.8 Å². The fourth-order valence-electron chi connectivity index (χ4n) is 2.64. The van der Waals surface area contributed by atoms with Crippen molar-refractivity contribution in [3.05, 3.63) is 24.2 Å². The molecule has 8 heteroatoms. The molecule has 0 amide bonds. The lowest BCUT2D eigenvalue weighted by atomic mass is 10.2. The Kier molecular flexibility index (Phi) is 4.21. The molecule has 3 heterocycles. The van der Waals surface area contributed by atoms with Crippen LogP contribution in [0.2, 0.25) is 0 Å². The van der Waals surface area contributed by atoms with E-state index in [1.165, 1.54) is 0 Å². The third-order valence-corrected chi connectivity index (χ3v) is 4.02. The van der Waals surface area contributed by atoms with E-state index in [1.54, 1.807) is 17.2 Å². The monoisotopic (exact) mass is 328 g/mol. The van der Waals surface area contributed by atoms with Crippen LogP contribution in [0.1, 0.15) is 64.3 Å². The van der Waals surface area contributed by atoms with Crippen molar-refractivity contribution in [1.29, 1.82) is 0 Å². The normalized spacial score (nSPS) is 13.2. The number of fused-ring (bicyclic) bond motifs is 1. The zero-order chi connectivity index (χ0) is 17.4. The third kappa shape index (κ3) is 2.83. The molecule has 0 aliphatic rings. The zero-order valence-electron chi connectivity index (χ0n) is 15.0. The average Bonchev–Trinajstić information content (AvgIpc) is 3.14. The van der Waals surface area contributed by atoms with Crippen LogP contribution in [0.5, 0.6) is 0 Å². The first-order valence-corrected chi connectivity index (χ1v) is 8.24. The van der Waals surface area contributed by atoms with Crippen LogP contribution in [-0.2, 0) is 7.05 Å². The summed E-state index contributed by atoms with van der Waals surface area (Å²) in [4.78, 5) is 9.33. The van der Waals surface area contributed by atoms with Gasteiger partial charge < -0.3 is 9.88 Å². The lowest BCUT2D eigenvalue weighted by Crippen LogP contribution is -2.16. The van der Waals surface area contributed by atoms with Gasteiger partial charge in [0.05, 0.1) is 17.6 Å². The number of nitrogens with zero attached hydrogens (tertiary/aromatic N) is 7. The highest BCUT2D eigenvalue weighted by atomic mass is 15.3. The molecule has 24 heavy (non-hydrogen) atoms. The molecule has 0 aromatic carbocycles. The van der Waals surface area contributed by atoms with Gasteiger partial charge in [0.2, 0.25) is 0 Å². The molecule has 3 aromatic rings. The molecule has 0 saturated carbocycles. The summed E-state index contributed by atoms with van der Waals surface area (Å²) in [6.07, 6.45) is 3.55. The van der Waals surface area contributed by atoms with E-state index in [-0.39, 0.29) is 12.0 Å². The lowest BCUT2D eigenvalue weighted by molar-refractivity contribution is 0.552. The average molecular weight is 328 g/mol. The minimum Gasteiger partial charge on any atom is -0.360 e. The Morgan fingerprint density at radius 1 is 1.08 bits per heavy atom. The predicted molar refractivity (Wildman–Crippen MR) is 92.8 cm³/mol. The topological polar surface area (TPSA) is 86.3 Å². The molecule has 1 N–H and O–H groups in total. The van der Waals surface area contributed by atoms with E-state index in [9.17, 15) is 0 Å². The van der Waals surface area contributed by atoms with Crippen LogP contribution in [0.25, 0.3) is 11.0 Å². The maximum atomic E-state index is 4.71. The first-order chi connectivity index (χ1) is 11.4. The Balaban J connectivity index is 2.01. The molecule has 0 aliphatic heterocycles. The second-order valence-corrected chi connectivity index (χ2v) is 6.65. The number of aryl methyl sites for hydroxylation is 1.